The summed E-state index contributed by atoms with van der Waals surface area (Å²) in [7, 11) is 0. The van der Waals surface area contributed by atoms with Crippen LogP contribution in [0, 0.1) is 0 Å². The number of nitrogens with one attached hydrogen (secondary N) is 2. The van der Waals surface area contributed by atoms with E-state index in [0.717, 1.165) is 25.7 Å². The fourth-order valence-corrected chi connectivity index (χ4v) is 1.84. The molecule has 5 heteroatoms. The first-order valence-corrected chi connectivity index (χ1v) is 5.11. The number of aromatic nitrogens is 2. The van der Waals surface area contributed by atoms with E-state index in [1.165, 1.54) is 12.5 Å². The Morgan fingerprint density at radius 1 is 1.47 bits per heavy atom. The third kappa shape index (κ3) is 2.23. The van der Waals surface area contributed by atoms with E-state index >= 15 is 0 Å². The van der Waals surface area contributed by atoms with Gasteiger partial charge in [-0.15, -0.1) is 0 Å². The van der Waals surface area contributed by atoms with Crippen LogP contribution < -0.4 is 10.9 Å². The molecule has 0 saturated heterocycles. The summed E-state index contributed by atoms with van der Waals surface area (Å²) in [5, 5.41) is 2.84. The molecule has 0 aliphatic heterocycles. The van der Waals surface area contributed by atoms with Crippen LogP contribution in [0.4, 0.5) is 0 Å². The Morgan fingerprint density at radius 2 is 2.20 bits per heavy atom. The number of carbonyl (C=O) groups excluding carboxylic acids is 1. The minimum atomic E-state index is -0.388. The van der Waals surface area contributed by atoms with Gasteiger partial charge in [0.25, 0.3) is 11.5 Å². The van der Waals surface area contributed by atoms with Crippen molar-refractivity contribution in [3.05, 3.63) is 28.4 Å². The third-order valence-electron chi connectivity index (χ3n) is 2.65. The molecule has 0 bridgehead atoms. The Labute approximate surface area is 86.9 Å². The Bertz CT molecular complexity index is 407. The summed E-state index contributed by atoms with van der Waals surface area (Å²) in [6, 6.07) is 0.220. The van der Waals surface area contributed by atoms with Gasteiger partial charge in [-0.05, 0) is 12.8 Å². The lowest BCUT2D eigenvalue weighted by molar-refractivity contribution is 0.0936. The molecule has 0 atom stereocenters. The van der Waals surface area contributed by atoms with Crippen LogP contribution in [0.2, 0.25) is 0 Å². The quantitative estimate of drug-likeness (QED) is 0.739. The van der Waals surface area contributed by atoms with Gasteiger partial charge in [0, 0.05) is 12.2 Å². The molecule has 1 aliphatic rings. The first kappa shape index (κ1) is 9.89. The Balaban J connectivity index is 2.07. The molecule has 1 aromatic rings. The Hall–Kier alpha value is -1.65. The van der Waals surface area contributed by atoms with Crippen molar-refractivity contribution in [2.75, 3.05) is 0 Å². The molecule has 2 N–H and O–H groups in total. The fourth-order valence-electron chi connectivity index (χ4n) is 1.84. The highest BCUT2D eigenvalue weighted by Crippen LogP contribution is 2.17. The van der Waals surface area contributed by atoms with Crippen molar-refractivity contribution >= 4 is 5.91 Å². The van der Waals surface area contributed by atoms with Gasteiger partial charge in [-0.1, -0.05) is 12.8 Å². The number of rotatable bonds is 2. The van der Waals surface area contributed by atoms with Crippen molar-refractivity contribution < 1.29 is 4.79 Å². The van der Waals surface area contributed by atoms with E-state index in [0.29, 0.717) is 0 Å². The van der Waals surface area contributed by atoms with Gasteiger partial charge in [0.1, 0.15) is 5.56 Å². The van der Waals surface area contributed by atoms with E-state index in [4.69, 9.17) is 0 Å². The Kier molecular flexibility index (Phi) is 2.80. The van der Waals surface area contributed by atoms with Crippen LogP contribution in [-0.2, 0) is 0 Å². The van der Waals surface area contributed by atoms with Crippen LogP contribution in [0.3, 0.4) is 0 Å². The molecule has 0 radical (unpaired) electrons. The molecule has 0 spiro atoms. The molecule has 1 saturated carbocycles. The molecular formula is C10H13N3O2. The molecule has 2 rings (SSSR count). The predicted molar refractivity (Wildman–Crippen MR) is 54.6 cm³/mol. The highest BCUT2D eigenvalue weighted by Gasteiger charge is 2.19. The molecule has 1 heterocycles. The van der Waals surface area contributed by atoms with Crippen molar-refractivity contribution in [1.82, 2.24) is 15.3 Å². The lowest BCUT2D eigenvalue weighted by Gasteiger charge is -2.10. The number of aromatic amines is 1. The van der Waals surface area contributed by atoms with Gasteiger partial charge in [0.05, 0.1) is 6.33 Å². The molecule has 1 aromatic heterocycles. The number of hydrogen-bond donors (Lipinski definition) is 2. The molecule has 5 nitrogen and oxygen atoms in total. The van der Waals surface area contributed by atoms with Crippen LogP contribution in [0.15, 0.2) is 17.3 Å². The summed E-state index contributed by atoms with van der Waals surface area (Å²) < 4.78 is 0. The van der Waals surface area contributed by atoms with Crippen LogP contribution in [0.25, 0.3) is 0 Å². The highest BCUT2D eigenvalue weighted by atomic mass is 16.2. The largest absolute Gasteiger partial charge is 0.349 e. The highest BCUT2D eigenvalue weighted by molar-refractivity contribution is 5.93. The van der Waals surface area contributed by atoms with E-state index < -0.39 is 0 Å². The van der Waals surface area contributed by atoms with E-state index in [-0.39, 0.29) is 23.1 Å². The van der Waals surface area contributed by atoms with Crippen LogP contribution in [0.5, 0.6) is 0 Å². The maximum atomic E-state index is 11.7. The summed E-state index contributed by atoms with van der Waals surface area (Å²) in [6.45, 7) is 0. The zero-order valence-electron chi connectivity index (χ0n) is 8.32. The predicted octanol–water partition coefficient (Wildman–Crippen LogP) is 0.442. The van der Waals surface area contributed by atoms with Crippen molar-refractivity contribution in [1.29, 1.82) is 0 Å². The molecule has 80 valence electrons. The van der Waals surface area contributed by atoms with Crippen LogP contribution in [0.1, 0.15) is 36.0 Å². The van der Waals surface area contributed by atoms with Gasteiger partial charge in [0.2, 0.25) is 0 Å². The summed E-state index contributed by atoms with van der Waals surface area (Å²) in [5.74, 6) is -0.323. The summed E-state index contributed by atoms with van der Waals surface area (Å²) in [5.41, 5.74) is -0.301. The monoisotopic (exact) mass is 207 g/mol. The second kappa shape index (κ2) is 4.25. The molecule has 0 aromatic carbocycles. The number of nitrogens with zero attached hydrogens (tertiary/aromatic N) is 1. The Morgan fingerprint density at radius 3 is 2.87 bits per heavy atom. The number of amides is 1. The maximum Gasteiger partial charge on any atom is 0.263 e. The number of H-pyrrole nitrogens is 1. The third-order valence-corrected chi connectivity index (χ3v) is 2.65. The average molecular weight is 207 g/mol. The zero-order chi connectivity index (χ0) is 10.7. The van der Waals surface area contributed by atoms with Gasteiger partial charge >= 0.3 is 0 Å². The zero-order valence-corrected chi connectivity index (χ0v) is 8.32. The van der Waals surface area contributed by atoms with E-state index in [2.05, 4.69) is 15.3 Å². The number of carbonyl (C=O) groups is 1. The fraction of sp³-hybridized carbons (Fsp3) is 0.500. The molecule has 0 unspecified atom stereocenters. The standard InChI is InChI=1S/C10H13N3O2/c14-9-8(5-11-6-12-9)10(15)13-7-3-1-2-4-7/h5-7H,1-4H2,(H,13,15)(H,11,12,14). The summed E-state index contributed by atoms with van der Waals surface area (Å²) in [6.07, 6.45) is 6.87. The van der Waals surface area contributed by atoms with Crippen molar-refractivity contribution in [2.24, 2.45) is 0 Å². The second-order valence-corrected chi connectivity index (χ2v) is 3.75. The van der Waals surface area contributed by atoms with Crippen LogP contribution in [-0.4, -0.2) is 21.9 Å². The molecule has 1 fully saturated rings. The van der Waals surface area contributed by atoms with Crippen molar-refractivity contribution in [3.63, 3.8) is 0 Å². The van der Waals surface area contributed by atoms with Crippen LogP contribution >= 0.6 is 0 Å². The number of hydrogen-bond acceptors (Lipinski definition) is 3. The van der Waals surface area contributed by atoms with Gasteiger partial charge in [0.15, 0.2) is 0 Å². The van der Waals surface area contributed by atoms with E-state index in [1.807, 2.05) is 0 Å². The second-order valence-electron chi connectivity index (χ2n) is 3.75. The molecule has 15 heavy (non-hydrogen) atoms. The normalized spacial score (nSPS) is 16.5. The summed E-state index contributed by atoms with van der Waals surface area (Å²) in [4.78, 5) is 29.0. The lowest BCUT2D eigenvalue weighted by Crippen LogP contribution is -2.36. The van der Waals surface area contributed by atoms with E-state index in [9.17, 15) is 9.59 Å². The molecular weight excluding hydrogens is 194 g/mol. The van der Waals surface area contributed by atoms with Gasteiger partial charge in [-0.2, -0.15) is 0 Å². The first-order valence-electron chi connectivity index (χ1n) is 5.11. The van der Waals surface area contributed by atoms with Gasteiger partial charge in [-0.3, -0.25) is 9.59 Å². The molecule has 1 amide bonds. The summed E-state index contributed by atoms with van der Waals surface area (Å²) >= 11 is 0. The van der Waals surface area contributed by atoms with Crippen molar-refractivity contribution in [3.8, 4) is 0 Å². The van der Waals surface area contributed by atoms with Crippen molar-refractivity contribution in [2.45, 2.75) is 31.7 Å². The average Bonchev–Trinajstić information content (AvgIpc) is 2.71. The van der Waals surface area contributed by atoms with Gasteiger partial charge < -0.3 is 10.3 Å². The smallest absolute Gasteiger partial charge is 0.263 e. The first-order chi connectivity index (χ1) is 7.27. The maximum absolute atomic E-state index is 11.7. The minimum Gasteiger partial charge on any atom is -0.349 e. The SMILES string of the molecule is O=C(NC1CCCC1)c1cnc[nH]c1=O. The molecule has 1 aliphatic carbocycles. The minimum absolute atomic E-state index is 0.0874. The topological polar surface area (TPSA) is 74.8 Å². The van der Waals surface area contributed by atoms with E-state index in [1.54, 1.807) is 0 Å². The van der Waals surface area contributed by atoms with Gasteiger partial charge in [-0.25, -0.2) is 4.98 Å². The lowest BCUT2D eigenvalue weighted by atomic mass is 10.2.